The van der Waals surface area contributed by atoms with Crippen LogP contribution >= 0.6 is 0 Å². The molecule has 0 saturated carbocycles. The van der Waals surface area contributed by atoms with Gasteiger partial charge in [-0.25, -0.2) is 0 Å². The predicted octanol–water partition coefficient (Wildman–Crippen LogP) is 2.58. The summed E-state index contributed by atoms with van der Waals surface area (Å²) in [7, 11) is 0. The normalized spacial score (nSPS) is 24.1. The summed E-state index contributed by atoms with van der Waals surface area (Å²) in [5, 5.41) is 2.22. The zero-order chi connectivity index (χ0) is 18.1. The molecule has 0 aromatic heterocycles. The van der Waals surface area contributed by atoms with Gasteiger partial charge in [0.15, 0.2) is 0 Å². The summed E-state index contributed by atoms with van der Waals surface area (Å²) in [4.78, 5) is 26.4. The molecule has 5 heteroatoms. The van der Waals surface area contributed by atoms with Crippen LogP contribution in [0.1, 0.15) is 29.6 Å². The Morgan fingerprint density at radius 2 is 1.73 bits per heavy atom. The van der Waals surface area contributed by atoms with Gasteiger partial charge in [0.25, 0.3) is 5.91 Å². The highest BCUT2D eigenvalue weighted by Gasteiger charge is 2.39. The van der Waals surface area contributed by atoms with E-state index in [9.17, 15) is 9.59 Å². The number of fused-ring (bicyclic) bond motifs is 1. The molecule has 26 heavy (non-hydrogen) atoms. The zero-order valence-corrected chi connectivity index (χ0v) is 14.8. The first-order chi connectivity index (χ1) is 12.6. The molecule has 2 aromatic rings. The number of hydrogen-bond donors (Lipinski definition) is 1. The summed E-state index contributed by atoms with van der Waals surface area (Å²) in [5.74, 6) is -0.0615. The summed E-state index contributed by atoms with van der Waals surface area (Å²) in [6.07, 6.45) is 2.35. The van der Waals surface area contributed by atoms with Crippen molar-refractivity contribution in [3.8, 4) is 0 Å². The molecule has 2 saturated heterocycles. The Morgan fingerprint density at radius 3 is 2.46 bits per heavy atom. The number of amides is 2. The van der Waals surface area contributed by atoms with Crippen LogP contribution in [0.4, 0.5) is 0 Å². The van der Waals surface area contributed by atoms with Crippen LogP contribution < -0.4 is 5.73 Å². The van der Waals surface area contributed by atoms with Crippen LogP contribution in [-0.4, -0.2) is 42.5 Å². The lowest BCUT2D eigenvalue weighted by atomic mass is 9.84. The van der Waals surface area contributed by atoms with Gasteiger partial charge in [-0.05, 0) is 48.1 Å². The third-order valence-electron chi connectivity index (χ3n) is 5.79. The first-order valence-electron chi connectivity index (χ1n) is 9.32. The van der Waals surface area contributed by atoms with E-state index in [1.165, 1.54) is 0 Å². The fourth-order valence-corrected chi connectivity index (χ4v) is 4.32. The van der Waals surface area contributed by atoms with E-state index in [0.29, 0.717) is 25.6 Å². The second-order valence-corrected chi connectivity index (χ2v) is 7.32. The molecule has 0 radical (unpaired) electrons. The maximum Gasteiger partial charge on any atom is 0.253 e. The predicted molar refractivity (Wildman–Crippen MR) is 99.6 cm³/mol. The lowest BCUT2D eigenvalue weighted by molar-refractivity contribution is -0.124. The number of primary amides is 1. The smallest absolute Gasteiger partial charge is 0.253 e. The van der Waals surface area contributed by atoms with E-state index in [-0.39, 0.29) is 23.8 Å². The fourth-order valence-electron chi connectivity index (χ4n) is 4.32. The van der Waals surface area contributed by atoms with Gasteiger partial charge in [0.05, 0.1) is 12.0 Å². The minimum Gasteiger partial charge on any atom is -0.377 e. The molecule has 0 spiro atoms. The monoisotopic (exact) mass is 352 g/mol. The van der Waals surface area contributed by atoms with Gasteiger partial charge >= 0.3 is 0 Å². The van der Waals surface area contributed by atoms with Crippen molar-refractivity contribution in [2.24, 2.45) is 17.6 Å². The second kappa shape index (κ2) is 7.08. The summed E-state index contributed by atoms with van der Waals surface area (Å²) >= 11 is 0. The lowest BCUT2D eigenvalue weighted by Crippen LogP contribution is -2.44. The first-order valence-corrected chi connectivity index (χ1v) is 9.32. The number of carbonyl (C=O) groups excluding carboxylic acids is 2. The van der Waals surface area contributed by atoms with Gasteiger partial charge in [0.2, 0.25) is 5.91 Å². The molecule has 0 aliphatic carbocycles. The highest BCUT2D eigenvalue weighted by molar-refractivity contribution is 5.98. The quantitative estimate of drug-likeness (QED) is 0.923. The molecule has 136 valence electrons. The Kier molecular flexibility index (Phi) is 4.64. The van der Waals surface area contributed by atoms with Crippen LogP contribution in [0.25, 0.3) is 10.8 Å². The van der Waals surface area contributed by atoms with Crippen LogP contribution in [0.15, 0.2) is 42.5 Å². The van der Waals surface area contributed by atoms with Crippen LogP contribution in [0, 0.1) is 11.8 Å². The number of piperidine rings is 1. The van der Waals surface area contributed by atoms with Gasteiger partial charge in [0.1, 0.15) is 0 Å². The Bertz CT molecular complexity index is 827. The second-order valence-electron chi connectivity index (χ2n) is 7.32. The van der Waals surface area contributed by atoms with E-state index < -0.39 is 0 Å². The lowest BCUT2D eigenvalue weighted by Gasteiger charge is -2.35. The zero-order valence-electron chi connectivity index (χ0n) is 14.8. The molecule has 2 aromatic carbocycles. The third-order valence-corrected chi connectivity index (χ3v) is 5.79. The standard InChI is InChI=1S/C21H24N2O3/c22-20(24)18-9-12-26-19(18)15-7-10-23(11-8-15)21(25)17-6-5-14-3-1-2-4-16(14)13-17/h1-6,13,15,18-19H,7-12H2,(H2,22,24)/t18-,19+/m0/s1. The van der Waals surface area contributed by atoms with Crippen LogP contribution in [0.5, 0.6) is 0 Å². The molecule has 2 N–H and O–H groups in total. The number of nitrogens with two attached hydrogens (primary N) is 1. The minimum atomic E-state index is -0.262. The highest BCUT2D eigenvalue weighted by atomic mass is 16.5. The van der Waals surface area contributed by atoms with Crippen molar-refractivity contribution in [3.63, 3.8) is 0 Å². The molecular formula is C21H24N2O3. The number of rotatable bonds is 3. The summed E-state index contributed by atoms with van der Waals surface area (Å²) in [6, 6.07) is 13.9. The molecule has 0 bridgehead atoms. The Morgan fingerprint density at radius 1 is 1.00 bits per heavy atom. The van der Waals surface area contributed by atoms with E-state index in [1.54, 1.807) is 0 Å². The van der Waals surface area contributed by atoms with Crippen LogP contribution in [0.3, 0.4) is 0 Å². The Balaban J connectivity index is 1.42. The number of ether oxygens (including phenoxy) is 1. The minimum absolute atomic E-state index is 0.0768. The maximum atomic E-state index is 12.9. The number of likely N-dealkylation sites (tertiary alicyclic amines) is 1. The average Bonchev–Trinajstić information content (AvgIpc) is 3.17. The molecule has 2 atom stereocenters. The molecular weight excluding hydrogens is 328 g/mol. The maximum absolute atomic E-state index is 12.9. The van der Waals surface area contributed by atoms with Crippen molar-refractivity contribution in [2.75, 3.05) is 19.7 Å². The van der Waals surface area contributed by atoms with Crippen molar-refractivity contribution in [1.29, 1.82) is 0 Å². The topological polar surface area (TPSA) is 72.6 Å². The Labute approximate surface area is 153 Å². The number of nitrogens with zero attached hydrogens (tertiary/aromatic N) is 1. The van der Waals surface area contributed by atoms with Gasteiger partial charge in [-0.1, -0.05) is 30.3 Å². The largest absolute Gasteiger partial charge is 0.377 e. The van der Waals surface area contributed by atoms with Crippen molar-refractivity contribution in [1.82, 2.24) is 4.90 Å². The summed E-state index contributed by atoms with van der Waals surface area (Å²) in [6.45, 7) is 2.00. The van der Waals surface area contributed by atoms with Gasteiger partial charge in [-0.3, -0.25) is 9.59 Å². The van der Waals surface area contributed by atoms with Crippen molar-refractivity contribution < 1.29 is 14.3 Å². The fraction of sp³-hybridized carbons (Fsp3) is 0.429. The van der Waals surface area contributed by atoms with E-state index in [4.69, 9.17) is 10.5 Å². The molecule has 2 heterocycles. The molecule has 2 fully saturated rings. The number of hydrogen-bond acceptors (Lipinski definition) is 3. The van der Waals surface area contributed by atoms with Gasteiger partial charge in [-0.15, -0.1) is 0 Å². The molecule has 2 aliphatic heterocycles. The van der Waals surface area contributed by atoms with Crippen molar-refractivity contribution in [2.45, 2.75) is 25.4 Å². The molecule has 2 aliphatic rings. The molecule has 4 rings (SSSR count). The van der Waals surface area contributed by atoms with Crippen molar-refractivity contribution >= 4 is 22.6 Å². The average molecular weight is 352 g/mol. The van der Waals surface area contributed by atoms with E-state index in [1.807, 2.05) is 47.4 Å². The summed E-state index contributed by atoms with van der Waals surface area (Å²) < 4.78 is 5.79. The van der Waals surface area contributed by atoms with Crippen molar-refractivity contribution in [3.05, 3.63) is 48.0 Å². The van der Waals surface area contributed by atoms with Gasteiger partial charge in [0, 0.05) is 25.3 Å². The first kappa shape index (κ1) is 17.0. The SMILES string of the molecule is NC(=O)[C@H]1CCO[C@@H]1C1CCN(C(=O)c2ccc3ccccc3c2)CC1. The molecule has 5 nitrogen and oxygen atoms in total. The van der Waals surface area contributed by atoms with Gasteiger partial charge in [-0.2, -0.15) is 0 Å². The van der Waals surface area contributed by atoms with Crippen LogP contribution in [-0.2, 0) is 9.53 Å². The van der Waals surface area contributed by atoms with E-state index in [0.717, 1.165) is 35.6 Å². The van der Waals surface area contributed by atoms with E-state index in [2.05, 4.69) is 0 Å². The molecule has 0 unspecified atom stereocenters. The third kappa shape index (κ3) is 3.19. The van der Waals surface area contributed by atoms with E-state index >= 15 is 0 Å². The highest BCUT2D eigenvalue weighted by Crippen LogP contribution is 2.33. The number of carbonyl (C=O) groups is 2. The Hall–Kier alpha value is -2.40. The number of benzene rings is 2. The van der Waals surface area contributed by atoms with Gasteiger partial charge < -0.3 is 15.4 Å². The summed E-state index contributed by atoms with van der Waals surface area (Å²) in [5.41, 5.74) is 6.24. The van der Waals surface area contributed by atoms with Crippen LogP contribution in [0.2, 0.25) is 0 Å². The molecule has 2 amide bonds.